The number of carboxylic acids is 1. The highest BCUT2D eigenvalue weighted by Crippen LogP contribution is 1.89. The molecule has 0 aromatic rings. The average molecular weight is 261 g/mol. The second kappa shape index (κ2) is 9.67. The zero-order chi connectivity index (χ0) is 14.0. The van der Waals surface area contributed by atoms with E-state index >= 15 is 0 Å². The Kier molecular flexibility index (Phi) is 8.95. The lowest BCUT2D eigenvalue weighted by Crippen LogP contribution is -2.41. The molecule has 0 radical (unpaired) electrons. The normalized spacial score (nSPS) is 12.2. The van der Waals surface area contributed by atoms with Crippen LogP contribution in [0.5, 0.6) is 0 Å². The Morgan fingerprint density at radius 3 is 2.22 bits per heavy atom. The van der Waals surface area contributed by atoms with Gasteiger partial charge in [0, 0.05) is 26.1 Å². The van der Waals surface area contributed by atoms with Gasteiger partial charge in [-0.15, -0.1) is 0 Å². The van der Waals surface area contributed by atoms with Gasteiger partial charge in [0.2, 0.25) is 0 Å². The van der Waals surface area contributed by atoms with E-state index in [2.05, 4.69) is 29.4 Å². The summed E-state index contributed by atoms with van der Waals surface area (Å²) < 4.78 is 0. The maximum Gasteiger partial charge on any atom is 0.332 e. The van der Waals surface area contributed by atoms with Crippen LogP contribution in [0.15, 0.2) is 0 Å². The number of carboxylic acid groups (broad SMARTS) is 1. The highest BCUT2D eigenvalue weighted by atomic mass is 16.4. The van der Waals surface area contributed by atoms with Crippen molar-refractivity contribution in [2.24, 2.45) is 0 Å². The van der Waals surface area contributed by atoms with Crippen molar-refractivity contribution in [3.63, 3.8) is 0 Å². The van der Waals surface area contributed by atoms with Gasteiger partial charge in [-0.3, -0.25) is 0 Å². The number of nitrogens with zero attached hydrogens (tertiary/aromatic N) is 1. The van der Waals surface area contributed by atoms with Gasteiger partial charge in [-0.25, -0.2) is 9.59 Å². The topological polar surface area (TPSA) is 102 Å². The summed E-state index contributed by atoms with van der Waals surface area (Å²) in [6.45, 7) is 7.42. The molecule has 2 amide bonds. The summed E-state index contributed by atoms with van der Waals surface area (Å²) in [6, 6.07) is -0.347. The third kappa shape index (κ3) is 7.86. The van der Waals surface area contributed by atoms with Crippen molar-refractivity contribution < 1.29 is 19.8 Å². The van der Waals surface area contributed by atoms with E-state index in [-0.39, 0.29) is 19.0 Å². The number of nitrogens with one attached hydrogen (secondary N) is 2. The summed E-state index contributed by atoms with van der Waals surface area (Å²) in [5, 5.41) is 22.5. The van der Waals surface area contributed by atoms with Crippen LogP contribution in [0.25, 0.3) is 0 Å². The van der Waals surface area contributed by atoms with Crippen LogP contribution in [-0.2, 0) is 4.79 Å². The number of hydrogen-bond donors (Lipinski definition) is 4. The molecule has 1 atom stereocenters. The standard InChI is InChI=1S/C11H23N3O4/c1-3-14(4-2)8-7-13-11(18)12-6-5-9(15)10(16)17/h9,15H,3-8H2,1-2H3,(H,16,17)(H2,12,13,18). The van der Waals surface area contributed by atoms with Crippen LogP contribution in [0, 0.1) is 0 Å². The van der Waals surface area contributed by atoms with E-state index in [4.69, 9.17) is 10.2 Å². The van der Waals surface area contributed by atoms with E-state index in [1.54, 1.807) is 0 Å². The minimum atomic E-state index is -1.43. The van der Waals surface area contributed by atoms with Crippen LogP contribution in [-0.4, -0.2) is 65.9 Å². The Bertz CT molecular complexity index is 257. The molecule has 7 nitrogen and oxygen atoms in total. The summed E-state index contributed by atoms with van der Waals surface area (Å²) in [6.07, 6.45) is -1.43. The Labute approximate surface area is 107 Å². The molecule has 0 aliphatic rings. The van der Waals surface area contributed by atoms with Crippen molar-refractivity contribution >= 4 is 12.0 Å². The molecular weight excluding hydrogens is 238 g/mol. The second-order valence-electron chi connectivity index (χ2n) is 3.85. The van der Waals surface area contributed by atoms with Crippen molar-refractivity contribution in [1.29, 1.82) is 0 Å². The van der Waals surface area contributed by atoms with E-state index < -0.39 is 12.1 Å². The van der Waals surface area contributed by atoms with Crippen molar-refractivity contribution in [2.45, 2.75) is 26.4 Å². The lowest BCUT2D eigenvalue weighted by Gasteiger charge is -2.18. The van der Waals surface area contributed by atoms with Crippen LogP contribution in [0.3, 0.4) is 0 Å². The zero-order valence-electron chi connectivity index (χ0n) is 11.0. The molecule has 0 heterocycles. The van der Waals surface area contributed by atoms with Gasteiger partial charge in [0.15, 0.2) is 6.10 Å². The first-order valence-electron chi connectivity index (χ1n) is 6.16. The molecule has 0 fully saturated rings. The van der Waals surface area contributed by atoms with E-state index in [0.717, 1.165) is 19.6 Å². The summed E-state index contributed by atoms with van der Waals surface area (Å²) in [7, 11) is 0. The molecule has 0 aromatic carbocycles. The van der Waals surface area contributed by atoms with Crippen molar-refractivity contribution in [1.82, 2.24) is 15.5 Å². The Morgan fingerprint density at radius 2 is 1.72 bits per heavy atom. The van der Waals surface area contributed by atoms with Gasteiger partial charge in [-0.1, -0.05) is 13.8 Å². The van der Waals surface area contributed by atoms with Gasteiger partial charge >= 0.3 is 12.0 Å². The maximum absolute atomic E-state index is 11.3. The number of rotatable bonds is 9. The largest absolute Gasteiger partial charge is 0.479 e. The van der Waals surface area contributed by atoms with E-state index in [9.17, 15) is 9.59 Å². The SMILES string of the molecule is CCN(CC)CCNC(=O)NCCC(O)C(=O)O. The molecule has 0 saturated carbocycles. The summed E-state index contributed by atoms with van der Waals surface area (Å²) in [5.41, 5.74) is 0. The van der Waals surface area contributed by atoms with Gasteiger partial charge in [0.25, 0.3) is 0 Å². The van der Waals surface area contributed by atoms with E-state index in [1.807, 2.05) is 0 Å². The molecule has 4 N–H and O–H groups in total. The summed E-state index contributed by atoms with van der Waals surface area (Å²) in [4.78, 5) is 23.8. The third-order valence-corrected chi connectivity index (χ3v) is 2.60. The summed E-state index contributed by atoms with van der Waals surface area (Å²) in [5.74, 6) is -1.28. The number of aliphatic hydroxyl groups is 1. The van der Waals surface area contributed by atoms with Crippen LogP contribution < -0.4 is 10.6 Å². The number of likely N-dealkylation sites (N-methyl/N-ethyl adjacent to an activating group) is 1. The van der Waals surface area contributed by atoms with Crippen molar-refractivity contribution in [3.05, 3.63) is 0 Å². The van der Waals surface area contributed by atoms with Crippen LogP contribution in [0.4, 0.5) is 4.79 Å². The molecule has 0 aromatic heterocycles. The second-order valence-corrected chi connectivity index (χ2v) is 3.85. The lowest BCUT2D eigenvalue weighted by atomic mass is 10.2. The molecule has 0 aliphatic heterocycles. The molecule has 0 rings (SSSR count). The summed E-state index contributed by atoms with van der Waals surface area (Å²) >= 11 is 0. The van der Waals surface area contributed by atoms with Crippen molar-refractivity contribution in [2.75, 3.05) is 32.7 Å². The molecule has 0 aliphatic carbocycles. The van der Waals surface area contributed by atoms with Crippen LogP contribution >= 0.6 is 0 Å². The molecule has 7 heteroatoms. The van der Waals surface area contributed by atoms with Crippen LogP contribution in [0.1, 0.15) is 20.3 Å². The molecule has 18 heavy (non-hydrogen) atoms. The number of amides is 2. The molecule has 0 bridgehead atoms. The first kappa shape index (κ1) is 16.7. The molecule has 0 spiro atoms. The fourth-order valence-corrected chi connectivity index (χ4v) is 1.38. The number of carbonyl (C=O) groups is 2. The fourth-order valence-electron chi connectivity index (χ4n) is 1.38. The first-order chi connectivity index (χ1) is 8.51. The zero-order valence-corrected chi connectivity index (χ0v) is 11.0. The minimum absolute atomic E-state index is 0.00119. The highest BCUT2D eigenvalue weighted by molar-refractivity contribution is 5.74. The Morgan fingerprint density at radius 1 is 1.17 bits per heavy atom. The van der Waals surface area contributed by atoms with E-state index in [0.29, 0.717) is 6.54 Å². The third-order valence-electron chi connectivity index (χ3n) is 2.60. The average Bonchev–Trinajstić information content (AvgIpc) is 2.34. The van der Waals surface area contributed by atoms with Crippen molar-refractivity contribution in [3.8, 4) is 0 Å². The predicted octanol–water partition coefficient (Wildman–Crippen LogP) is -0.537. The molecule has 106 valence electrons. The molecular formula is C11H23N3O4. The monoisotopic (exact) mass is 261 g/mol. The Balaban J connectivity index is 3.57. The first-order valence-corrected chi connectivity index (χ1v) is 6.16. The minimum Gasteiger partial charge on any atom is -0.479 e. The number of urea groups is 1. The smallest absolute Gasteiger partial charge is 0.332 e. The molecule has 1 unspecified atom stereocenters. The quantitative estimate of drug-likeness (QED) is 0.446. The van der Waals surface area contributed by atoms with E-state index in [1.165, 1.54) is 0 Å². The molecule has 0 saturated heterocycles. The fraction of sp³-hybridized carbons (Fsp3) is 0.818. The van der Waals surface area contributed by atoms with Crippen LogP contribution in [0.2, 0.25) is 0 Å². The number of carbonyl (C=O) groups excluding carboxylic acids is 1. The Hall–Kier alpha value is -1.34. The van der Waals surface area contributed by atoms with Gasteiger partial charge in [-0.2, -0.15) is 0 Å². The maximum atomic E-state index is 11.3. The highest BCUT2D eigenvalue weighted by Gasteiger charge is 2.12. The van der Waals surface area contributed by atoms with Gasteiger partial charge in [0.05, 0.1) is 0 Å². The number of aliphatic carboxylic acids is 1. The van der Waals surface area contributed by atoms with Gasteiger partial charge < -0.3 is 25.7 Å². The van der Waals surface area contributed by atoms with Gasteiger partial charge in [0.1, 0.15) is 0 Å². The predicted molar refractivity (Wildman–Crippen MR) is 67.4 cm³/mol. The lowest BCUT2D eigenvalue weighted by molar-refractivity contribution is -0.146. The van der Waals surface area contributed by atoms with Gasteiger partial charge in [-0.05, 0) is 13.1 Å². The number of hydrogen-bond acceptors (Lipinski definition) is 4. The number of aliphatic hydroxyl groups excluding tert-OH is 1.